The molecule has 0 radical (unpaired) electrons. The van der Waals surface area contributed by atoms with Gasteiger partial charge in [0.15, 0.2) is 0 Å². The average Bonchev–Trinajstić information content (AvgIpc) is 2.49. The van der Waals surface area contributed by atoms with Gasteiger partial charge in [0.1, 0.15) is 11.6 Å². The smallest absolute Gasteiger partial charge is 0.253 e. The second-order valence-corrected chi connectivity index (χ2v) is 5.51. The highest BCUT2D eigenvalue weighted by Gasteiger charge is 2.14. The zero-order chi connectivity index (χ0) is 15.4. The van der Waals surface area contributed by atoms with Gasteiger partial charge in [-0.05, 0) is 36.6 Å². The summed E-state index contributed by atoms with van der Waals surface area (Å²) in [7, 11) is 1.59. The molecule has 21 heavy (non-hydrogen) atoms. The molecular formula is C16H15F2NOS. The second kappa shape index (κ2) is 6.72. The molecule has 0 saturated carbocycles. The third kappa shape index (κ3) is 3.82. The quantitative estimate of drug-likeness (QED) is 0.797. The highest BCUT2D eigenvalue weighted by Crippen LogP contribution is 2.17. The van der Waals surface area contributed by atoms with Gasteiger partial charge in [0.05, 0.1) is 0 Å². The topological polar surface area (TPSA) is 20.3 Å². The van der Waals surface area contributed by atoms with Gasteiger partial charge in [-0.1, -0.05) is 6.07 Å². The molecule has 2 aromatic rings. The average molecular weight is 307 g/mol. The van der Waals surface area contributed by atoms with E-state index in [1.807, 2.05) is 18.4 Å². The van der Waals surface area contributed by atoms with Crippen molar-refractivity contribution < 1.29 is 13.6 Å². The molecule has 0 bridgehead atoms. The highest BCUT2D eigenvalue weighted by molar-refractivity contribution is 7.98. The molecule has 0 saturated heterocycles. The molecule has 110 valence electrons. The number of carbonyl (C=O) groups excluding carboxylic acids is 1. The fourth-order valence-electron chi connectivity index (χ4n) is 1.93. The van der Waals surface area contributed by atoms with Crippen LogP contribution < -0.4 is 0 Å². The monoisotopic (exact) mass is 307 g/mol. The Morgan fingerprint density at radius 2 is 1.81 bits per heavy atom. The molecule has 0 heterocycles. The molecule has 0 aliphatic rings. The normalized spacial score (nSPS) is 10.5. The molecule has 0 aliphatic carbocycles. The Hall–Kier alpha value is -1.88. The Bertz CT molecular complexity index is 643. The van der Waals surface area contributed by atoms with E-state index in [2.05, 4.69) is 0 Å². The molecule has 2 rings (SSSR count). The number of benzene rings is 2. The van der Waals surface area contributed by atoms with Crippen LogP contribution >= 0.6 is 11.8 Å². The van der Waals surface area contributed by atoms with Gasteiger partial charge < -0.3 is 4.90 Å². The van der Waals surface area contributed by atoms with Gasteiger partial charge in [-0.15, -0.1) is 11.8 Å². The molecule has 5 heteroatoms. The minimum absolute atomic E-state index is 0.0925. The number of hydrogen-bond acceptors (Lipinski definition) is 2. The fraction of sp³-hybridized carbons (Fsp3) is 0.188. The van der Waals surface area contributed by atoms with Gasteiger partial charge in [-0.3, -0.25) is 4.79 Å². The summed E-state index contributed by atoms with van der Waals surface area (Å²) in [6.45, 7) is 0.0925. The van der Waals surface area contributed by atoms with Crippen LogP contribution in [0.5, 0.6) is 0 Å². The number of nitrogens with zero attached hydrogens (tertiary/aromatic N) is 1. The van der Waals surface area contributed by atoms with E-state index in [0.717, 1.165) is 11.0 Å². The first-order chi connectivity index (χ1) is 10.0. The highest BCUT2D eigenvalue weighted by atomic mass is 32.2. The summed E-state index contributed by atoms with van der Waals surface area (Å²) in [5.74, 6) is -1.48. The zero-order valence-electron chi connectivity index (χ0n) is 11.8. The number of halogens is 2. The molecule has 2 nitrogen and oxygen atoms in total. The first-order valence-corrected chi connectivity index (χ1v) is 7.57. The SMILES string of the molecule is CSc1ccc(C(=O)N(C)Cc2ccc(F)cc2F)cc1. The van der Waals surface area contributed by atoms with Gasteiger partial charge in [0.2, 0.25) is 0 Å². The maximum atomic E-state index is 13.6. The molecule has 0 aliphatic heterocycles. The lowest BCUT2D eigenvalue weighted by atomic mass is 10.1. The van der Waals surface area contributed by atoms with Gasteiger partial charge >= 0.3 is 0 Å². The van der Waals surface area contributed by atoms with E-state index in [9.17, 15) is 13.6 Å². The zero-order valence-corrected chi connectivity index (χ0v) is 12.6. The van der Waals surface area contributed by atoms with Crippen LogP contribution in [0.2, 0.25) is 0 Å². The summed E-state index contributed by atoms with van der Waals surface area (Å²) in [5.41, 5.74) is 0.825. The third-order valence-electron chi connectivity index (χ3n) is 3.11. The summed E-state index contributed by atoms with van der Waals surface area (Å²) in [6.07, 6.45) is 1.96. The Balaban J connectivity index is 2.11. The molecule has 0 fully saturated rings. The lowest BCUT2D eigenvalue weighted by Gasteiger charge is -2.18. The van der Waals surface area contributed by atoms with Crippen LogP contribution in [0.1, 0.15) is 15.9 Å². The maximum Gasteiger partial charge on any atom is 0.253 e. The minimum Gasteiger partial charge on any atom is -0.337 e. The molecule has 0 unspecified atom stereocenters. The summed E-state index contributed by atoms with van der Waals surface area (Å²) in [6, 6.07) is 10.6. The van der Waals surface area contributed by atoms with Gasteiger partial charge in [-0.2, -0.15) is 0 Å². The number of hydrogen-bond donors (Lipinski definition) is 0. The lowest BCUT2D eigenvalue weighted by molar-refractivity contribution is 0.0784. The Kier molecular flexibility index (Phi) is 4.96. The molecular weight excluding hydrogens is 292 g/mol. The molecule has 0 aromatic heterocycles. The number of amides is 1. The van der Waals surface area contributed by atoms with E-state index >= 15 is 0 Å². The van der Waals surface area contributed by atoms with E-state index in [0.29, 0.717) is 5.56 Å². The van der Waals surface area contributed by atoms with E-state index in [1.54, 1.807) is 30.9 Å². The van der Waals surface area contributed by atoms with Gasteiger partial charge in [-0.25, -0.2) is 8.78 Å². The predicted octanol–water partition coefficient (Wildman–Crippen LogP) is 3.96. The fourth-order valence-corrected chi connectivity index (χ4v) is 2.34. The number of thioether (sulfide) groups is 1. The van der Waals surface area contributed by atoms with Gasteiger partial charge in [0.25, 0.3) is 5.91 Å². The molecule has 0 N–H and O–H groups in total. The molecule has 0 spiro atoms. The lowest BCUT2D eigenvalue weighted by Crippen LogP contribution is -2.26. The third-order valence-corrected chi connectivity index (χ3v) is 3.85. The Labute approximate surface area is 126 Å². The number of carbonyl (C=O) groups is 1. The van der Waals surface area contributed by atoms with Crippen molar-refractivity contribution in [3.8, 4) is 0 Å². The van der Waals surface area contributed by atoms with Crippen LogP contribution in [-0.4, -0.2) is 24.1 Å². The summed E-state index contributed by atoms with van der Waals surface area (Å²) >= 11 is 1.59. The van der Waals surface area contributed by atoms with Crippen molar-refractivity contribution in [3.63, 3.8) is 0 Å². The van der Waals surface area contributed by atoms with E-state index < -0.39 is 11.6 Å². The molecule has 0 atom stereocenters. The van der Waals surface area contributed by atoms with Crippen LogP contribution in [0.15, 0.2) is 47.4 Å². The summed E-state index contributed by atoms with van der Waals surface area (Å²) in [5, 5.41) is 0. The van der Waals surface area contributed by atoms with Crippen molar-refractivity contribution in [3.05, 3.63) is 65.2 Å². The first kappa shape index (κ1) is 15.5. The maximum absolute atomic E-state index is 13.6. The molecule has 2 aromatic carbocycles. The van der Waals surface area contributed by atoms with Crippen molar-refractivity contribution >= 4 is 17.7 Å². The van der Waals surface area contributed by atoms with Crippen molar-refractivity contribution in [2.24, 2.45) is 0 Å². The van der Waals surface area contributed by atoms with Crippen LogP contribution in [-0.2, 0) is 6.54 Å². The van der Waals surface area contributed by atoms with Crippen molar-refractivity contribution in [2.45, 2.75) is 11.4 Å². The van der Waals surface area contributed by atoms with Gasteiger partial charge in [0, 0.05) is 35.7 Å². The van der Waals surface area contributed by atoms with E-state index in [4.69, 9.17) is 0 Å². The minimum atomic E-state index is -0.646. The van der Waals surface area contributed by atoms with Crippen molar-refractivity contribution in [2.75, 3.05) is 13.3 Å². The Morgan fingerprint density at radius 1 is 1.14 bits per heavy atom. The first-order valence-electron chi connectivity index (χ1n) is 6.34. The summed E-state index contributed by atoms with van der Waals surface area (Å²) in [4.78, 5) is 14.7. The Morgan fingerprint density at radius 3 is 2.38 bits per heavy atom. The van der Waals surface area contributed by atoms with Crippen LogP contribution in [0, 0.1) is 11.6 Å². The van der Waals surface area contributed by atoms with E-state index in [-0.39, 0.29) is 18.0 Å². The van der Waals surface area contributed by atoms with Crippen LogP contribution in [0.25, 0.3) is 0 Å². The van der Waals surface area contributed by atoms with Crippen LogP contribution in [0.3, 0.4) is 0 Å². The van der Waals surface area contributed by atoms with Crippen molar-refractivity contribution in [1.29, 1.82) is 0 Å². The summed E-state index contributed by atoms with van der Waals surface area (Å²) < 4.78 is 26.5. The standard InChI is InChI=1S/C16H15F2NOS/c1-19(10-12-3-6-13(17)9-15(12)18)16(20)11-4-7-14(21-2)8-5-11/h3-9H,10H2,1-2H3. The van der Waals surface area contributed by atoms with E-state index in [1.165, 1.54) is 17.0 Å². The molecule has 1 amide bonds. The van der Waals surface area contributed by atoms with Crippen molar-refractivity contribution in [1.82, 2.24) is 4.90 Å². The largest absolute Gasteiger partial charge is 0.337 e. The second-order valence-electron chi connectivity index (χ2n) is 4.63. The number of rotatable bonds is 4. The predicted molar refractivity (Wildman–Crippen MR) is 80.4 cm³/mol. The van der Waals surface area contributed by atoms with Crippen LogP contribution in [0.4, 0.5) is 8.78 Å².